The van der Waals surface area contributed by atoms with Gasteiger partial charge in [0.2, 0.25) is 0 Å². The molecule has 0 N–H and O–H groups in total. The first kappa shape index (κ1) is 21.7. The SMILES string of the molecule is CC1(C)O[C@H](CO[Si](C)(C)C(C)(C)C)C2C(=O)C1CON2Cc1ccccc1. The van der Waals surface area contributed by atoms with Crippen LogP contribution in [-0.4, -0.2) is 50.1 Å². The quantitative estimate of drug-likeness (QED) is 0.688. The number of carbonyl (C=O) groups is 1. The van der Waals surface area contributed by atoms with Crippen molar-refractivity contribution in [2.24, 2.45) is 5.92 Å². The Balaban J connectivity index is 1.81. The van der Waals surface area contributed by atoms with Crippen molar-refractivity contribution >= 4 is 14.1 Å². The van der Waals surface area contributed by atoms with Gasteiger partial charge in [0, 0.05) is 0 Å². The van der Waals surface area contributed by atoms with E-state index in [1.807, 2.05) is 37.1 Å². The van der Waals surface area contributed by atoms with Gasteiger partial charge >= 0.3 is 0 Å². The minimum atomic E-state index is -1.95. The van der Waals surface area contributed by atoms with Gasteiger partial charge in [-0.25, -0.2) is 0 Å². The Hall–Kier alpha value is -1.05. The van der Waals surface area contributed by atoms with E-state index in [0.29, 0.717) is 19.8 Å². The molecule has 0 aromatic heterocycles. The summed E-state index contributed by atoms with van der Waals surface area (Å²) in [5, 5.41) is 1.92. The lowest BCUT2D eigenvalue weighted by Gasteiger charge is -2.52. The standard InChI is InChI=1S/C22H35NO4Si/c1-21(2,3)28(6,7)26-15-18-19-20(24)17(22(4,5)27-18)14-25-23(19)13-16-11-9-8-10-12-16/h8-12,17-19H,13-15H2,1-7H3/t17?,18-,19?/m1/s1. The lowest BCUT2D eigenvalue weighted by Crippen LogP contribution is -2.68. The zero-order valence-electron chi connectivity index (χ0n) is 18.3. The molecule has 0 radical (unpaired) electrons. The van der Waals surface area contributed by atoms with Crippen molar-refractivity contribution in [3.05, 3.63) is 35.9 Å². The highest BCUT2D eigenvalue weighted by Crippen LogP contribution is 2.40. The highest BCUT2D eigenvalue weighted by molar-refractivity contribution is 6.74. The van der Waals surface area contributed by atoms with E-state index in [2.05, 4.69) is 46.0 Å². The number of ether oxygens (including phenoxy) is 1. The molecule has 2 aliphatic rings. The van der Waals surface area contributed by atoms with Crippen LogP contribution in [0.2, 0.25) is 18.1 Å². The molecule has 0 aliphatic carbocycles. The summed E-state index contributed by atoms with van der Waals surface area (Å²) in [6.45, 7) is 16.4. The molecule has 2 saturated heterocycles. The third-order valence-electron chi connectivity index (χ3n) is 6.59. The molecule has 3 rings (SSSR count). The number of Topliss-reactive ketones (excluding diaryl/α,β-unsaturated/α-hetero) is 1. The molecule has 2 fully saturated rings. The predicted octanol–water partition coefficient (Wildman–Crippen LogP) is 4.19. The molecule has 6 heteroatoms. The first-order valence-electron chi connectivity index (χ1n) is 10.2. The number of fused-ring (bicyclic) bond motifs is 2. The fourth-order valence-electron chi connectivity index (χ4n) is 3.67. The minimum Gasteiger partial charge on any atom is -0.414 e. The van der Waals surface area contributed by atoms with Crippen LogP contribution in [-0.2, 0) is 25.3 Å². The van der Waals surface area contributed by atoms with Gasteiger partial charge < -0.3 is 9.16 Å². The second-order valence-corrected chi connectivity index (χ2v) is 14.9. The van der Waals surface area contributed by atoms with Crippen LogP contribution in [0.1, 0.15) is 40.2 Å². The van der Waals surface area contributed by atoms with Crippen LogP contribution in [0.3, 0.4) is 0 Å². The Morgan fingerprint density at radius 1 is 1.21 bits per heavy atom. The number of rotatable bonds is 5. The number of hydroxylamine groups is 2. The Labute approximate surface area is 170 Å². The Kier molecular flexibility index (Phi) is 5.91. The molecule has 1 aromatic carbocycles. The molecule has 3 atom stereocenters. The maximum atomic E-state index is 13.3. The number of carbonyl (C=O) groups excluding carboxylic acids is 1. The Morgan fingerprint density at radius 2 is 1.86 bits per heavy atom. The van der Waals surface area contributed by atoms with E-state index in [4.69, 9.17) is 14.0 Å². The molecule has 0 amide bonds. The van der Waals surface area contributed by atoms with Crippen LogP contribution in [0.4, 0.5) is 0 Å². The molecule has 28 heavy (non-hydrogen) atoms. The first-order valence-corrected chi connectivity index (χ1v) is 13.1. The molecule has 0 saturated carbocycles. The maximum Gasteiger partial charge on any atom is 0.192 e. The average Bonchev–Trinajstić information content (AvgIpc) is 2.58. The van der Waals surface area contributed by atoms with Crippen LogP contribution in [0.5, 0.6) is 0 Å². The van der Waals surface area contributed by atoms with E-state index < -0.39 is 20.0 Å². The summed E-state index contributed by atoms with van der Waals surface area (Å²) >= 11 is 0. The summed E-state index contributed by atoms with van der Waals surface area (Å²) in [5.74, 6) is -0.0316. The second-order valence-electron chi connectivity index (χ2n) is 10.1. The molecule has 2 unspecified atom stereocenters. The summed E-state index contributed by atoms with van der Waals surface area (Å²) in [5.41, 5.74) is 0.566. The molecular formula is C22H35NO4Si. The molecule has 2 aliphatic heterocycles. The number of hydrogen-bond donors (Lipinski definition) is 0. The number of benzene rings is 1. The molecular weight excluding hydrogens is 370 g/mol. The third-order valence-corrected chi connectivity index (χ3v) is 11.1. The van der Waals surface area contributed by atoms with Gasteiger partial charge in [-0.1, -0.05) is 51.1 Å². The van der Waals surface area contributed by atoms with Gasteiger partial charge in [-0.3, -0.25) is 9.63 Å². The average molecular weight is 406 g/mol. The lowest BCUT2D eigenvalue weighted by molar-refractivity contribution is -0.296. The van der Waals surface area contributed by atoms with E-state index in [0.717, 1.165) is 5.56 Å². The van der Waals surface area contributed by atoms with Crippen LogP contribution in [0.15, 0.2) is 30.3 Å². The first-order chi connectivity index (χ1) is 12.9. The summed E-state index contributed by atoms with van der Waals surface area (Å²) in [6.07, 6.45) is -0.336. The Bertz CT molecular complexity index is 698. The fraction of sp³-hybridized carbons (Fsp3) is 0.682. The van der Waals surface area contributed by atoms with Crippen molar-refractivity contribution in [3.63, 3.8) is 0 Å². The Morgan fingerprint density at radius 3 is 2.46 bits per heavy atom. The third kappa shape index (κ3) is 4.26. The van der Waals surface area contributed by atoms with E-state index in [9.17, 15) is 4.79 Å². The van der Waals surface area contributed by atoms with Crippen molar-refractivity contribution < 1.29 is 18.8 Å². The van der Waals surface area contributed by atoms with Crippen LogP contribution < -0.4 is 0 Å². The van der Waals surface area contributed by atoms with E-state index in [-0.39, 0.29) is 22.8 Å². The van der Waals surface area contributed by atoms with Gasteiger partial charge in [0.05, 0.1) is 31.3 Å². The summed E-state index contributed by atoms with van der Waals surface area (Å²) in [4.78, 5) is 19.4. The van der Waals surface area contributed by atoms with E-state index in [1.54, 1.807) is 0 Å². The van der Waals surface area contributed by atoms with Crippen molar-refractivity contribution in [2.75, 3.05) is 13.2 Å². The van der Waals surface area contributed by atoms with E-state index in [1.165, 1.54) is 0 Å². The number of ketones is 1. The molecule has 156 valence electrons. The molecule has 0 spiro atoms. The minimum absolute atomic E-state index is 0.108. The summed E-state index contributed by atoms with van der Waals surface area (Å²) in [7, 11) is -1.95. The highest BCUT2D eigenvalue weighted by Gasteiger charge is 2.55. The van der Waals surface area contributed by atoms with Crippen molar-refractivity contribution in [1.82, 2.24) is 5.06 Å². The van der Waals surface area contributed by atoms with E-state index >= 15 is 0 Å². The topological polar surface area (TPSA) is 48.0 Å². The predicted molar refractivity (Wildman–Crippen MR) is 112 cm³/mol. The molecule has 5 nitrogen and oxygen atoms in total. The molecule has 2 heterocycles. The van der Waals surface area contributed by atoms with Crippen molar-refractivity contribution in [3.8, 4) is 0 Å². The monoisotopic (exact) mass is 405 g/mol. The normalized spacial score (nSPS) is 28.4. The van der Waals surface area contributed by atoms with Gasteiger partial charge in [-0.05, 0) is 37.5 Å². The van der Waals surface area contributed by atoms with Gasteiger partial charge in [-0.2, -0.15) is 5.06 Å². The summed E-state index contributed by atoms with van der Waals surface area (Å²) in [6, 6.07) is 9.66. The maximum absolute atomic E-state index is 13.3. The van der Waals surface area contributed by atoms with Crippen LogP contribution in [0, 0.1) is 5.92 Å². The van der Waals surface area contributed by atoms with Crippen molar-refractivity contribution in [1.29, 1.82) is 0 Å². The van der Waals surface area contributed by atoms with Gasteiger partial charge in [-0.15, -0.1) is 0 Å². The van der Waals surface area contributed by atoms with Crippen LogP contribution in [0.25, 0.3) is 0 Å². The smallest absolute Gasteiger partial charge is 0.192 e. The lowest BCUT2D eigenvalue weighted by atomic mass is 9.79. The largest absolute Gasteiger partial charge is 0.414 e. The van der Waals surface area contributed by atoms with Gasteiger partial charge in [0.15, 0.2) is 14.1 Å². The second kappa shape index (κ2) is 7.65. The number of hydrogen-bond acceptors (Lipinski definition) is 5. The summed E-state index contributed by atoms with van der Waals surface area (Å²) < 4.78 is 12.9. The molecule has 1 aromatic rings. The molecule has 2 bridgehead atoms. The highest BCUT2D eigenvalue weighted by atomic mass is 28.4. The fourth-order valence-corrected chi connectivity index (χ4v) is 4.68. The van der Waals surface area contributed by atoms with Gasteiger partial charge in [0.25, 0.3) is 0 Å². The van der Waals surface area contributed by atoms with Crippen LogP contribution >= 0.6 is 0 Å². The zero-order chi connectivity index (χ0) is 20.7. The number of nitrogens with zero attached hydrogens (tertiary/aromatic N) is 1. The van der Waals surface area contributed by atoms with Crippen molar-refractivity contribution in [2.45, 2.75) is 77.0 Å². The van der Waals surface area contributed by atoms with Gasteiger partial charge in [0.1, 0.15) is 12.1 Å². The zero-order valence-corrected chi connectivity index (χ0v) is 19.3.